The van der Waals surface area contributed by atoms with Gasteiger partial charge in [0.25, 0.3) is 0 Å². The van der Waals surface area contributed by atoms with Crippen molar-refractivity contribution in [2.24, 2.45) is 5.41 Å². The van der Waals surface area contributed by atoms with E-state index in [1.165, 1.54) is 24.0 Å². The molecule has 94 valence electrons. The molecule has 0 nitrogen and oxygen atoms in total. The summed E-state index contributed by atoms with van der Waals surface area (Å²) in [6, 6.07) is 9.09. The van der Waals surface area contributed by atoms with Crippen molar-refractivity contribution in [3.8, 4) is 0 Å². The summed E-state index contributed by atoms with van der Waals surface area (Å²) in [7, 11) is 0. The number of hydrogen-bond donors (Lipinski definition) is 0. The minimum absolute atomic E-state index is 0.246. The van der Waals surface area contributed by atoms with Crippen LogP contribution < -0.4 is 0 Å². The highest BCUT2D eigenvalue weighted by atomic mass is 35.5. The van der Waals surface area contributed by atoms with Gasteiger partial charge in [-0.05, 0) is 48.1 Å². The van der Waals surface area contributed by atoms with E-state index in [4.69, 9.17) is 11.6 Å². The smallest absolute Gasteiger partial charge is 0.0367 e. The van der Waals surface area contributed by atoms with Crippen molar-refractivity contribution >= 4 is 11.6 Å². The number of alkyl halides is 1. The Morgan fingerprint density at radius 2 is 1.71 bits per heavy atom. The second-order valence-electron chi connectivity index (χ2n) is 6.60. The van der Waals surface area contributed by atoms with Crippen molar-refractivity contribution in [3.63, 3.8) is 0 Å². The molecule has 0 amide bonds. The first-order valence-corrected chi connectivity index (χ1v) is 7.01. The van der Waals surface area contributed by atoms with Crippen LogP contribution in [0.1, 0.15) is 51.7 Å². The maximum atomic E-state index is 6.29. The Kier molecular flexibility index (Phi) is 3.29. The molecule has 0 spiro atoms. The van der Waals surface area contributed by atoms with Gasteiger partial charge in [-0.3, -0.25) is 0 Å². The van der Waals surface area contributed by atoms with Gasteiger partial charge in [-0.1, -0.05) is 45.0 Å². The lowest BCUT2D eigenvalue weighted by Gasteiger charge is -2.21. The SMILES string of the molecule is CC(Cl)C1(Cc2ccc(C(C)(C)C)cc2)CC1. The fraction of sp³-hybridized carbons (Fsp3) is 0.625. The van der Waals surface area contributed by atoms with Crippen LogP contribution in [0.15, 0.2) is 24.3 Å². The molecule has 0 aliphatic heterocycles. The van der Waals surface area contributed by atoms with E-state index in [1.807, 2.05) is 0 Å². The van der Waals surface area contributed by atoms with E-state index in [0.717, 1.165) is 6.42 Å². The average molecular weight is 251 g/mol. The van der Waals surface area contributed by atoms with E-state index < -0.39 is 0 Å². The maximum Gasteiger partial charge on any atom is 0.0367 e. The number of hydrogen-bond acceptors (Lipinski definition) is 0. The van der Waals surface area contributed by atoms with Gasteiger partial charge in [-0.25, -0.2) is 0 Å². The zero-order valence-electron chi connectivity index (χ0n) is 11.4. The summed E-state index contributed by atoms with van der Waals surface area (Å²) in [6.07, 6.45) is 3.72. The molecular weight excluding hydrogens is 228 g/mol. The second-order valence-corrected chi connectivity index (χ2v) is 7.26. The molecule has 2 rings (SSSR count). The molecule has 1 aliphatic carbocycles. The molecule has 0 saturated heterocycles. The van der Waals surface area contributed by atoms with E-state index in [9.17, 15) is 0 Å². The molecule has 1 atom stereocenters. The van der Waals surface area contributed by atoms with Crippen LogP contribution in [0.25, 0.3) is 0 Å². The quantitative estimate of drug-likeness (QED) is 0.667. The molecule has 1 heteroatoms. The predicted molar refractivity (Wildman–Crippen MR) is 75.8 cm³/mol. The monoisotopic (exact) mass is 250 g/mol. The van der Waals surface area contributed by atoms with E-state index >= 15 is 0 Å². The molecule has 1 aromatic rings. The first kappa shape index (κ1) is 13.0. The van der Waals surface area contributed by atoms with Crippen molar-refractivity contribution in [1.82, 2.24) is 0 Å². The van der Waals surface area contributed by atoms with E-state index in [2.05, 4.69) is 52.0 Å². The van der Waals surface area contributed by atoms with Gasteiger partial charge in [0.2, 0.25) is 0 Å². The third-order valence-electron chi connectivity index (χ3n) is 4.11. The fourth-order valence-corrected chi connectivity index (χ4v) is 2.70. The Morgan fingerprint density at radius 3 is 2.06 bits per heavy atom. The summed E-state index contributed by atoms with van der Waals surface area (Å²) in [6.45, 7) is 8.90. The molecule has 1 fully saturated rings. The largest absolute Gasteiger partial charge is 0.123 e. The highest BCUT2D eigenvalue weighted by molar-refractivity contribution is 6.21. The van der Waals surface area contributed by atoms with Crippen molar-refractivity contribution in [2.45, 2.75) is 57.7 Å². The topological polar surface area (TPSA) is 0 Å². The van der Waals surface area contributed by atoms with E-state index in [-0.39, 0.29) is 5.41 Å². The second kappa shape index (κ2) is 4.31. The molecule has 1 aromatic carbocycles. The highest BCUT2D eigenvalue weighted by Crippen LogP contribution is 2.53. The van der Waals surface area contributed by atoms with Gasteiger partial charge in [0.05, 0.1) is 0 Å². The summed E-state index contributed by atoms with van der Waals surface area (Å²) >= 11 is 6.29. The van der Waals surface area contributed by atoms with Crippen molar-refractivity contribution in [3.05, 3.63) is 35.4 Å². The van der Waals surface area contributed by atoms with Crippen molar-refractivity contribution in [1.29, 1.82) is 0 Å². The lowest BCUT2D eigenvalue weighted by Crippen LogP contribution is -2.16. The van der Waals surface area contributed by atoms with Crippen molar-refractivity contribution < 1.29 is 0 Å². The molecule has 0 heterocycles. The normalized spacial score (nSPS) is 20.1. The van der Waals surface area contributed by atoms with Gasteiger partial charge in [-0.15, -0.1) is 11.6 Å². The molecular formula is C16H23Cl. The van der Waals surface area contributed by atoms with Gasteiger partial charge in [-0.2, -0.15) is 0 Å². The Bertz CT molecular complexity index is 377. The maximum absolute atomic E-state index is 6.29. The van der Waals surface area contributed by atoms with Gasteiger partial charge >= 0.3 is 0 Å². The Hall–Kier alpha value is -0.490. The Labute approximate surface area is 110 Å². The van der Waals surface area contributed by atoms with E-state index in [0.29, 0.717) is 10.8 Å². The summed E-state index contributed by atoms with van der Waals surface area (Å²) in [5, 5.41) is 0.296. The molecule has 0 N–H and O–H groups in total. The molecule has 17 heavy (non-hydrogen) atoms. The highest BCUT2D eigenvalue weighted by Gasteiger charge is 2.46. The standard InChI is InChI=1S/C16H23Cl/c1-12(17)16(9-10-16)11-13-5-7-14(8-6-13)15(2,3)4/h5-8,12H,9-11H2,1-4H3. The zero-order chi connectivity index (χ0) is 12.7. The molecule has 1 aliphatic rings. The molecule has 1 saturated carbocycles. The molecule has 1 unspecified atom stereocenters. The third-order valence-corrected chi connectivity index (χ3v) is 4.58. The van der Waals surface area contributed by atoms with Gasteiger partial charge in [0.1, 0.15) is 0 Å². The Morgan fingerprint density at radius 1 is 1.18 bits per heavy atom. The Balaban J connectivity index is 2.09. The summed E-state index contributed by atoms with van der Waals surface area (Å²) < 4.78 is 0. The number of halogens is 1. The van der Waals surface area contributed by atoms with Crippen LogP contribution >= 0.6 is 11.6 Å². The average Bonchev–Trinajstić information content (AvgIpc) is 2.98. The third kappa shape index (κ3) is 2.85. The van der Waals surface area contributed by atoms with Crippen molar-refractivity contribution in [2.75, 3.05) is 0 Å². The first-order chi connectivity index (χ1) is 7.83. The lowest BCUT2D eigenvalue weighted by molar-refractivity contribution is 0.496. The number of benzene rings is 1. The van der Waals surface area contributed by atoms with Crippen LogP contribution in [-0.4, -0.2) is 5.38 Å². The summed E-state index contributed by atoms with van der Waals surface area (Å²) in [4.78, 5) is 0. The molecule has 0 radical (unpaired) electrons. The minimum Gasteiger partial charge on any atom is -0.123 e. The summed E-state index contributed by atoms with van der Waals surface area (Å²) in [5.74, 6) is 0. The van der Waals surface area contributed by atoms with Crippen LogP contribution in [0.3, 0.4) is 0 Å². The zero-order valence-corrected chi connectivity index (χ0v) is 12.1. The predicted octanol–water partition coefficient (Wildman–Crippen LogP) is 4.93. The minimum atomic E-state index is 0.246. The molecule has 0 aromatic heterocycles. The van der Waals surface area contributed by atoms with Crippen LogP contribution in [0, 0.1) is 5.41 Å². The van der Waals surface area contributed by atoms with Gasteiger partial charge in [0.15, 0.2) is 0 Å². The number of rotatable bonds is 3. The van der Waals surface area contributed by atoms with Crippen LogP contribution in [-0.2, 0) is 11.8 Å². The first-order valence-electron chi connectivity index (χ1n) is 6.57. The molecule has 0 bridgehead atoms. The lowest BCUT2D eigenvalue weighted by atomic mass is 9.85. The van der Waals surface area contributed by atoms with Crippen LogP contribution in [0.2, 0.25) is 0 Å². The van der Waals surface area contributed by atoms with Gasteiger partial charge in [0, 0.05) is 5.38 Å². The van der Waals surface area contributed by atoms with E-state index in [1.54, 1.807) is 0 Å². The fourth-order valence-electron chi connectivity index (χ4n) is 2.40. The van der Waals surface area contributed by atoms with Crippen LogP contribution in [0.5, 0.6) is 0 Å². The summed E-state index contributed by atoms with van der Waals surface area (Å²) in [5.41, 5.74) is 3.48. The van der Waals surface area contributed by atoms with Gasteiger partial charge < -0.3 is 0 Å². The van der Waals surface area contributed by atoms with Crippen LogP contribution in [0.4, 0.5) is 0 Å².